The number of nitrogens with one attached hydrogen (secondary N) is 3. The summed E-state index contributed by atoms with van der Waals surface area (Å²) in [6.07, 6.45) is 9.82. The summed E-state index contributed by atoms with van der Waals surface area (Å²) in [5, 5.41) is 6.81. The van der Waals surface area contributed by atoms with Crippen LogP contribution in [-0.2, 0) is 11.2 Å². The maximum atomic E-state index is 12.5. The van der Waals surface area contributed by atoms with Crippen LogP contribution in [-0.4, -0.2) is 58.2 Å². The third kappa shape index (κ3) is 6.23. The van der Waals surface area contributed by atoms with Crippen molar-refractivity contribution in [2.24, 2.45) is 0 Å². The number of H-pyrrole nitrogens is 1. The molecule has 0 atom stereocenters. The zero-order chi connectivity index (χ0) is 21.5. The van der Waals surface area contributed by atoms with Crippen LogP contribution in [0.25, 0.3) is 0 Å². The van der Waals surface area contributed by atoms with E-state index in [1.54, 1.807) is 6.92 Å². The van der Waals surface area contributed by atoms with Gasteiger partial charge in [-0.1, -0.05) is 31.0 Å². The van der Waals surface area contributed by atoms with Gasteiger partial charge in [0.05, 0.1) is 0 Å². The lowest BCUT2D eigenvalue weighted by Gasteiger charge is -2.34. The van der Waals surface area contributed by atoms with Gasteiger partial charge in [0.2, 0.25) is 5.91 Å². The van der Waals surface area contributed by atoms with Gasteiger partial charge in [-0.05, 0) is 45.3 Å². The highest BCUT2D eigenvalue weighted by Crippen LogP contribution is 2.18. The summed E-state index contributed by atoms with van der Waals surface area (Å²) in [5.41, 5.74) is 1.07. The van der Waals surface area contributed by atoms with Gasteiger partial charge in [-0.3, -0.25) is 9.59 Å². The molecule has 0 spiro atoms. The number of carbonyl (C=O) groups excluding carboxylic acids is 2. The van der Waals surface area contributed by atoms with Crippen LogP contribution in [0, 0.1) is 6.92 Å². The molecule has 0 aromatic carbocycles. The Morgan fingerprint density at radius 2 is 1.77 bits per heavy atom. The van der Waals surface area contributed by atoms with Crippen molar-refractivity contribution < 1.29 is 9.59 Å². The third-order valence-corrected chi connectivity index (χ3v) is 6.66. The molecule has 1 aliphatic carbocycles. The standard InChI is InChI=1S/C21H33N5O3S/c1-14-17(19(28)25-20(22-14)30-2)8-9-18(27)23-16-10-12-26(13-11-16)21(29)24-15-6-4-3-5-7-15/h15-16H,3-13H2,1-2H3,(H,23,27)(H,24,29)(H,22,25,28). The molecular weight excluding hydrogens is 402 g/mol. The number of carbonyl (C=O) groups is 2. The topological polar surface area (TPSA) is 107 Å². The first-order valence-corrected chi connectivity index (χ1v) is 12.2. The van der Waals surface area contributed by atoms with E-state index in [1.165, 1.54) is 31.0 Å². The van der Waals surface area contributed by atoms with E-state index >= 15 is 0 Å². The normalized spacial score (nSPS) is 18.3. The molecule has 166 valence electrons. The van der Waals surface area contributed by atoms with E-state index in [9.17, 15) is 14.4 Å². The Hall–Kier alpha value is -2.03. The van der Waals surface area contributed by atoms with Gasteiger partial charge in [0.15, 0.2) is 5.16 Å². The van der Waals surface area contributed by atoms with E-state index in [1.807, 2.05) is 11.2 Å². The number of nitrogens with zero attached hydrogens (tertiary/aromatic N) is 2. The van der Waals surface area contributed by atoms with Gasteiger partial charge in [0.1, 0.15) is 0 Å². The molecule has 3 rings (SSSR count). The van der Waals surface area contributed by atoms with Crippen molar-refractivity contribution in [2.75, 3.05) is 19.3 Å². The lowest BCUT2D eigenvalue weighted by atomic mass is 9.95. The SMILES string of the molecule is CSc1nc(C)c(CCC(=O)NC2CCN(C(=O)NC3CCCCC3)CC2)c(=O)[nH]1. The van der Waals surface area contributed by atoms with Crippen molar-refractivity contribution in [1.82, 2.24) is 25.5 Å². The summed E-state index contributed by atoms with van der Waals surface area (Å²) in [6.45, 7) is 3.11. The van der Waals surface area contributed by atoms with Gasteiger partial charge in [0.25, 0.3) is 5.56 Å². The smallest absolute Gasteiger partial charge is 0.317 e. The van der Waals surface area contributed by atoms with Crippen LogP contribution >= 0.6 is 11.8 Å². The molecule has 9 heteroatoms. The van der Waals surface area contributed by atoms with Gasteiger partial charge < -0.3 is 20.5 Å². The Labute approximate surface area is 182 Å². The van der Waals surface area contributed by atoms with Crippen molar-refractivity contribution in [1.29, 1.82) is 0 Å². The molecule has 1 aliphatic heterocycles. The minimum atomic E-state index is -0.170. The van der Waals surface area contributed by atoms with E-state index < -0.39 is 0 Å². The number of amides is 3. The largest absolute Gasteiger partial charge is 0.353 e. The Balaban J connectivity index is 1.40. The molecule has 2 heterocycles. The average Bonchev–Trinajstić information content (AvgIpc) is 2.74. The van der Waals surface area contributed by atoms with Crippen molar-refractivity contribution in [3.05, 3.63) is 21.6 Å². The number of likely N-dealkylation sites (tertiary alicyclic amines) is 1. The molecule has 1 saturated carbocycles. The van der Waals surface area contributed by atoms with E-state index in [4.69, 9.17) is 0 Å². The number of aromatic amines is 1. The third-order valence-electron chi connectivity index (χ3n) is 6.08. The van der Waals surface area contributed by atoms with E-state index in [2.05, 4.69) is 20.6 Å². The molecule has 1 aromatic rings. The molecule has 30 heavy (non-hydrogen) atoms. The molecule has 3 amide bonds. The number of hydrogen-bond donors (Lipinski definition) is 3. The minimum Gasteiger partial charge on any atom is -0.353 e. The van der Waals surface area contributed by atoms with E-state index in [0.29, 0.717) is 42.0 Å². The average molecular weight is 436 g/mol. The summed E-state index contributed by atoms with van der Waals surface area (Å²) >= 11 is 1.39. The lowest BCUT2D eigenvalue weighted by molar-refractivity contribution is -0.122. The maximum Gasteiger partial charge on any atom is 0.317 e. The minimum absolute atomic E-state index is 0.0302. The molecule has 2 aliphatic rings. The molecule has 1 aromatic heterocycles. The number of thioether (sulfide) groups is 1. The first kappa shape index (κ1) is 22.7. The number of hydrogen-bond acceptors (Lipinski definition) is 5. The summed E-state index contributed by atoms with van der Waals surface area (Å²) in [4.78, 5) is 45.9. The van der Waals surface area contributed by atoms with E-state index in [0.717, 1.165) is 25.7 Å². The van der Waals surface area contributed by atoms with Crippen molar-refractivity contribution in [2.45, 2.75) is 82.0 Å². The number of piperidine rings is 1. The predicted octanol–water partition coefficient (Wildman–Crippen LogP) is 2.36. The summed E-state index contributed by atoms with van der Waals surface area (Å²) in [7, 11) is 0. The van der Waals surface area contributed by atoms with Crippen LogP contribution in [0.1, 0.15) is 62.6 Å². The molecule has 2 fully saturated rings. The first-order chi connectivity index (χ1) is 14.5. The van der Waals surface area contributed by atoms with Gasteiger partial charge in [0, 0.05) is 42.9 Å². The highest BCUT2D eigenvalue weighted by Gasteiger charge is 2.25. The second-order valence-corrected chi connectivity index (χ2v) is 9.05. The lowest BCUT2D eigenvalue weighted by Crippen LogP contribution is -2.51. The fraction of sp³-hybridized carbons (Fsp3) is 0.714. The van der Waals surface area contributed by atoms with Crippen LogP contribution in [0.4, 0.5) is 4.79 Å². The molecule has 0 radical (unpaired) electrons. The Morgan fingerprint density at radius 3 is 2.40 bits per heavy atom. The summed E-state index contributed by atoms with van der Waals surface area (Å²) in [5.74, 6) is -0.0622. The highest BCUT2D eigenvalue weighted by atomic mass is 32.2. The molecule has 1 saturated heterocycles. The second kappa shape index (κ2) is 10.8. The fourth-order valence-corrected chi connectivity index (χ4v) is 4.68. The van der Waals surface area contributed by atoms with Crippen LogP contribution in [0.2, 0.25) is 0 Å². The van der Waals surface area contributed by atoms with Crippen LogP contribution in [0.5, 0.6) is 0 Å². The van der Waals surface area contributed by atoms with E-state index in [-0.39, 0.29) is 30.0 Å². The van der Waals surface area contributed by atoms with Crippen LogP contribution in [0.15, 0.2) is 9.95 Å². The van der Waals surface area contributed by atoms with Crippen molar-refractivity contribution >= 4 is 23.7 Å². The van der Waals surface area contributed by atoms with Crippen molar-refractivity contribution in [3.63, 3.8) is 0 Å². The number of aryl methyl sites for hydroxylation is 1. The molecule has 8 nitrogen and oxygen atoms in total. The maximum absolute atomic E-state index is 12.5. The zero-order valence-corrected chi connectivity index (χ0v) is 18.8. The summed E-state index contributed by atoms with van der Waals surface area (Å²) < 4.78 is 0. The molecular formula is C21H33N5O3S. The van der Waals surface area contributed by atoms with Crippen LogP contribution < -0.4 is 16.2 Å². The van der Waals surface area contributed by atoms with Gasteiger partial charge in [-0.2, -0.15) is 0 Å². The van der Waals surface area contributed by atoms with Gasteiger partial charge in [-0.15, -0.1) is 0 Å². The fourth-order valence-electron chi connectivity index (χ4n) is 4.25. The Kier molecular flexibility index (Phi) is 8.18. The highest BCUT2D eigenvalue weighted by molar-refractivity contribution is 7.98. The van der Waals surface area contributed by atoms with Gasteiger partial charge in [-0.25, -0.2) is 9.78 Å². The quantitative estimate of drug-likeness (QED) is 0.470. The molecule has 0 unspecified atom stereocenters. The van der Waals surface area contributed by atoms with Crippen molar-refractivity contribution in [3.8, 4) is 0 Å². The number of aromatic nitrogens is 2. The molecule has 3 N–H and O–H groups in total. The van der Waals surface area contributed by atoms with Crippen LogP contribution in [0.3, 0.4) is 0 Å². The Bertz CT molecular complexity index is 798. The monoisotopic (exact) mass is 435 g/mol. The molecule has 0 bridgehead atoms. The Morgan fingerprint density at radius 1 is 1.10 bits per heavy atom. The number of urea groups is 1. The second-order valence-electron chi connectivity index (χ2n) is 8.25. The zero-order valence-electron chi connectivity index (χ0n) is 18.0. The number of rotatable bonds is 6. The van der Waals surface area contributed by atoms with Gasteiger partial charge >= 0.3 is 6.03 Å². The summed E-state index contributed by atoms with van der Waals surface area (Å²) in [6, 6.07) is 0.421. The predicted molar refractivity (Wildman–Crippen MR) is 118 cm³/mol. The first-order valence-electron chi connectivity index (χ1n) is 10.9.